The third-order valence-electron chi connectivity index (χ3n) is 4.30. The van der Waals surface area contributed by atoms with E-state index in [1.54, 1.807) is 41.7 Å². The van der Waals surface area contributed by atoms with E-state index in [4.69, 9.17) is 4.74 Å². The number of pyridine rings is 3. The zero-order valence-corrected chi connectivity index (χ0v) is 15.3. The van der Waals surface area contributed by atoms with Crippen molar-refractivity contribution in [2.45, 2.75) is 6.92 Å². The largest absolute Gasteiger partial charge is 0.439 e. The van der Waals surface area contributed by atoms with Crippen LogP contribution in [0.3, 0.4) is 0 Å². The number of amides is 1. The van der Waals surface area contributed by atoms with Gasteiger partial charge in [0.1, 0.15) is 5.75 Å². The number of aromatic nitrogens is 3. The molecule has 4 aromatic rings. The molecule has 0 unspecified atom stereocenters. The molecule has 6 nitrogen and oxygen atoms in total. The molecule has 1 aromatic carbocycles. The summed E-state index contributed by atoms with van der Waals surface area (Å²) in [5.74, 6) is 0.920. The van der Waals surface area contributed by atoms with Gasteiger partial charge in [-0.15, -0.1) is 0 Å². The Morgan fingerprint density at radius 2 is 1.89 bits per heavy atom. The fourth-order valence-corrected chi connectivity index (χ4v) is 2.91. The molecular weight excluding hydrogens is 352 g/mol. The molecule has 3 aromatic heterocycles. The second-order valence-corrected chi connectivity index (χ2v) is 6.11. The summed E-state index contributed by atoms with van der Waals surface area (Å²) in [6.07, 6.45) is 6.61. The predicted molar refractivity (Wildman–Crippen MR) is 108 cm³/mol. The van der Waals surface area contributed by atoms with Crippen molar-refractivity contribution < 1.29 is 9.53 Å². The Hall–Kier alpha value is -3.80. The van der Waals surface area contributed by atoms with Crippen molar-refractivity contribution in [2.24, 2.45) is 0 Å². The van der Waals surface area contributed by atoms with E-state index in [9.17, 15) is 4.79 Å². The highest BCUT2D eigenvalue weighted by Gasteiger charge is 2.16. The number of hydrogen-bond donors (Lipinski definition) is 0. The summed E-state index contributed by atoms with van der Waals surface area (Å²) in [6, 6.07) is 16.6. The highest BCUT2D eigenvalue weighted by atomic mass is 16.5. The van der Waals surface area contributed by atoms with Crippen LogP contribution in [0, 0.1) is 0 Å². The Bertz CT molecular complexity index is 1100. The van der Waals surface area contributed by atoms with Gasteiger partial charge in [0.05, 0.1) is 23.0 Å². The summed E-state index contributed by atoms with van der Waals surface area (Å²) in [4.78, 5) is 27.1. The number of hydrogen-bond acceptors (Lipinski definition) is 5. The van der Waals surface area contributed by atoms with E-state index < -0.39 is 0 Å². The second kappa shape index (κ2) is 7.84. The van der Waals surface area contributed by atoms with Crippen LogP contribution in [0.1, 0.15) is 17.3 Å². The molecule has 0 aliphatic rings. The molecule has 3 heterocycles. The SMILES string of the molecule is CCN(C(=O)c1ccc(Oc2ccc3cccnc3c2)nc1)c1cccnc1. The van der Waals surface area contributed by atoms with Crippen molar-refractivity contribution in [2.75, 3.05) is 11.4 Å². The molecule has 0 N–H and O–H groups in total. The molecule has 0 aliphatic carbocycles. The number of carbonyl (C=O) groups excluding carboxylic acids is 1. The van der Waals surface area contributed by atoms with Crippen LogP contribution in [0.25, 0.3) is 10.9 Å². The second-order valence-electron chi connectivity index (χ2n) is 6.11. The van der Waals surface area contributed by atoms with Crippen LogP contribution in [0.5, 0.6) is 11.6 Å². The van der Waals surface area contributed by atoms with Crippen molar-refractivity contribution in [3.8, 4) is 11.6 Å². The molecule has 4 rings (SSSR count). The van der Waals surface area contributed by atoms with E-state index in [0.29, 0.717) is 23.7 Å². The summed E-state index contributed by atoms with van der Waals surface area (Å²) in [7, 11) is 0. The first-order valence-electron chi connectivity index (χ1n) is 8.95. The standard InChI is InChI=1S/C22H18N4O2/c1-2-26(18-6-4-11-23-15-18)22(27)17-8-10-21(25-14-17)28-19-9-7-16-5-3-12-24-20(16)13-19/h3-15H,2H2,1H3. The number of rotatable bonds is 5. The predicted octanol–water partition coefficient (Wildman–Crippen LogP) is 4.48. The number of fused-ring (bicyclic) bond motifs is 1. The van der Waals surface area contributed by atoms with Gasteiger partial charge in [0.2, 0.25) is 5.88 Å². The number of benzene rings is 1. The third kappa shape index (κ3) is 3.66. The Labute approximate surface area is 162 Å². The molecule has 0 fully saturated rings. The maximum atomic E-state index is 12.8. The lowest BCUT2D eigenvalue weighted by atomic mass is 10.2. The average Bonchev–Trinajstić information content (AvgIpc) is 2.75. The first-order valence-corrected chi connectivity index (χ1v) is 8.95. The van der Waals surface area contributed by atoms with E-state index in [1.807, 2.05) is 43.3 Å². The topological polar surface area (TPSA) is 68.2 Å². The molecule has 0 spiro atoms. The van der Waals surface area contributed by atoms with Crippen molar-refractivity contribution >= 4 is 22.5 Å². The van der Waals surface area contributed by atoms with Gasteiger partial charge in [-0.05, 0) is 43.3 Å². The van der Waals surface area contributed by atoms with Crippen LogP contribution in [-0.2, 0) is 0 Å². The fourth-order valence-electron chi connectivity index (χ4n) is 2.91. The van der Waals surface area contributed by atoms with Crippen LogP contribution < -0.4 is 9.64 Å². The van der Waals surface area contributed by atoms with Gasteiger partial charge in [0, 0.05) is 42.7 Å². The van der Waals surface area contributed by atoms with E-state index in [1.165, 1.54) is 6.20 Å². The Morgan fingerprint density at radius 1 is 1.00 bits per heavy atom. The normalized spacial score (nSPS) is 10.6. The first-order chi connectivity index (χ1) is 13.7. The highest BCUT2D eigenvalue weighted by molar-refractivity contribution is 6.05. The zero-order chi connectivity index (χ0) is 19.3. The quantitative estimate of drug-likeness (QED) is 0.518. The summed E-state index contributed by atoms with van der Waals surface area (Å²) in [6.45, 7) is 2.45. The summed E-state index contributed by atoms with van der Waals surface area (Å²) in [5.41, 5.74) is 2.08. The molecule has 138 valence electrons. The van der Waals surface area contributed by atoms with Crippen LogP contribution in [-0.4, -0.2) is 27.4 Å². The third-order valence-corrected chi connectivity index (χ3v) is 4.30. The van der Waals surface area contributed by atoms with Gasteiger partial charge in [0.25, 0.3) is 5.91 Å². The number of anilines is 1. The van der Waals surface area contributed by atoms with Crippen molar-refractivity contribution in [1.82, 2.24) is 15.0 Å². The number of nitrogens with zero attached hydrogens (tertiary/aromatic N) is 4. The number of ether oxygens (including phenoxy) is 1. The van der Waals surface area contributed by atoms with Crippen LogP contribution in [0.15, 0.2) is 79.4 Å². The molecule has 0 atom stereocenters. The Kier molecular flexibility index (Phi) is 4.93. The number of carbonyl (C=O) groups is 1. The minimum absolute atomic E-state index is 0.135. The van der Waals surface area contributed by atoms with Gasteiger partial charge in [-0.1, -0.05) is 6.07 Å². The fraction of sp³-hybridized carbons (Fsp3) is 0.0909. The minimum atomic E-state index is -0.135. The van der Waals surface area contributed by atoms with Crippen LogP contribution >= 0.6 is 0 Å². The van der Waals surface area contributed by atoms with E-state index in [2.05, 4.69) is 15.0 Å². The maximum absolute atomic E-state index is 12.8. The van der Waals surface area contributed by atoms with Crippen molar-refractivity contribution in [1.29, 1.82) is 0 Å². The summed E-state index contributed by atoms with van der Waals surface area (Å²) < 4.78 is 5.81. The minimum Gasteiger partial charge on any atom is -0.439 e. The molecule has 0 radical (unpaired) electrons. The monoisotopic (exact) mass is 370 g/mol. The highest BCUT2D eigenvalue weighted by Crippen LogP contribution is 2.24. The zero-order valence-electron chi connectivity index (χ0n) is 15.3. The molecule has 0 aliphatic heterocycles. The van der Waals surface area contributed by atoms with Gasteiger partial charge in [-0.3, -0.25) is 14.8 Å². The van der Waals surface area contributed by atoms with Gasteiger partial charge in [0.15, 0.2) is 0 Å². The van der Waals surface area contributed by atoms with Crippen LogP contribution in [0.2, 0.25) is 0 Å². The van der Waals surface area contributed by atoms with Gasteiger partial charge >= 0.3 is 0 Å². The molecule has 28 heavy (non-hydrogen) atoms. The molecule has 1 amide bonds. The molecule has 6 heteroatoms. The lowest BCUT2D eigenvalue weighted by Crippen LogP contribution is -2.30. The summed E-state index contributed by atoms with van der Waals surface area (Å²) >= 11 is 0. The Balaban J connectivity index is 1.52. The molecule has 0 saturated heterocycles. The van der Waals surface area contributed by atoms with E-state index >= 15 is 0 Å². The molecular formula is C22H18N4O2. The van der Waals surface area contributed by atoms with Gasteiger partial charge in [-0.25, -0.2) is 4.98 Å². The van der Waals surface area contributed by atoms with Gasteiger partial charge < -0.3 is 9.64 Å². The van der Waals surface area contributed by atoms with Crippen molar-refractivity contribution in [3.63, 3.8) is 0 Å². The van der Waals surface area contributed by atoms with Crippen LogP contribution in [0.4, 0.5) is 5.69 Å². The van der Waals surface area contributed by atoms with E-state index in [-0.39, 0.29) is 5.91 Å². The first kappa shape index (κ1) is 17.6. The van der Waals surface area contributed by atoms with Crippen molar-refractivity contribution in [3.05, 3.63) is 84.9 Å². The Morgan fingerprint density at radius 3 is 2.64 bits per heavy atom. The molecule has 0 saturated carbocycles. The smallest absolute Gasteiger partial charge is 0.259 e. The van der Waals surface area contributed by atoms with E-state index in [0.717, 1.165) is 16.6 Å². The lowest BCUT2D eigenvalue weighted by molar-refractivity contribution is 0.0988. The average molecular weight is 370 g/mol. The summed E-state index contributed by atoms with van der Waals surface area (Å²) in [5, 5.41) is 1.04. The molecule has 0 bridgehead atoms. The lowest BCUT2D eigenvalue weighted by Gasteiger charge is -2.20. The van der Waals surface area contributed by atoms with Gasteiger partial charge in [-0.2, -0.15) is 0 Å². The maximum Gasteiger partial charge on any atom is 0.259 e.